The number of rotatable bonds is 5. The van der Waals surface area contributed by atoms with E-state index < -0.39 is 35.1 Å². The Balaban J connectivity index is 1.70. The Kier molecular flexibility index (Phi) is 5.78. The van der Waals surface area contributed by atoms with Crippen molar-refractivity contribution in [2.75, 3.05) is 11.5 Å². The van der Waals surface area contributed by atoms with Crippen LogP contribution in [-0.2, 0) is 9.59 Å². The number of hydrogen-bond donors (Lipinski definition) is 1. The molecule has 1 aliphatic heterocycles. The molecule has 1 fully saturated rings. The quantitative estimate of drug-likeness (QED) is 0.223. The van der Waals surface area contributed by atoms with Gasteiger partial charge in [-0.2, -0.15) is 0 Å². The van der Waals surface area contributed by atoms with Gasteiger partial charge in [0.15, 0.2) is 5.13 Å². The number of aliphatic hydroxyl groups excluding tert-OH is 1. The van der Waals surface area contributed by atoms with Crippen LogP contribution in [0.2, 0.25) is 0 Å². The van der Waals surface area contributed by atoms with E-state index in [4.69, 9.17) is 4.74 Å². The lowest BCUT2D eigenvalue weighted by atomic mass is 9.95. The molecule has 1 amide bonds. The SMILES string of the molecule is CCOc1ccc(C2/C(=C(\O)c3ccc(F)cc3)C(=O)C(=O)N2c2nc3ccc(F)cc3s2)cc1. The third-order valence-electron chi connectivity index (χ3n) is 5.61. The molecule has 9 heteroatoms. The van der Waals surface area contributed by atoms with Crippen LogP contribution in [0, 0.1) is 11.6 Å². The summed E-state index contributed by atoms with van der Waals surface area (Å²) in [5.41, 5.74) is 1.03. The number of ketones is 1. The third-order valence-corrected chi connectivity index (χ3v) is 6.63. The van der Waals surface area contributed by atoms with Crippen molar-refractivity contribution in [2.24, 2.45) is 0 Å². The molecule has 1 N–H and O–H groups in total. The highest BCUT2D eigenvalue weighted by Gasteiger charge is 2.48. The maximum Gasteiger partial charge on any atom is 0.301 e. The van der Waals surface area contributed by atoms with E-state index in [0.29, 0.717) is 28.1 Å². The van der Waals surface area contributed by atoms with E-state index in [0.717, 1.165) is 23.5 Å². The number of carbonyl (C=O) groups excluding carboxylic acids is 2. The average molecular weight is 493 g/mol. The first kappa shape index (κ1) is 22.7. The van der Waals surface area contributed by atoms with Crippen LogP contribution in [0.5, 0.6) is 5.75 Å². The minimum absolute atomic E-state index is 0.156. The Bertz CT molecular complexity index is 1480. The molecule has 176 valence electrons. The van der Waals surface area contributed by atoms with Crippen LogP contribution in [0.1, 0.15) is 24.1 Å². The highest BCUT2D eigenvalue weighted by molar-refractivity contribution is 7.22. The van der Waals surface area contributed by atoms with Gasteiger partial charge in [0.05, 0.1) is 28.4 Å². The van der Waals surface area contributed by atoms with Crippen LogP contribution < -0.4 is 9.64 Å². The molecule has 0 bridgehead atoms. The van der Waals surface area contributed by atoms with Gasteiger partial charge in [-0.05, 0) is 67.1 Å². The fourth-order valence-electron chi connectivity index (χ4n) is 4.01. The monoisotopic (exact) mass is 492 g/mol. The maximum absolute atomic E-state index is 13.8. The standard InChI is InChI=1S/C26H18F2N2O4S/c1-2-34-18-10-5-14(6-11-18)22-21(23(31)15-3-7-16(27)8-4-15)24(32)25(33)30(22)26-29-19-12-9-17(28)13-20(19)35-26/h3-13,22,31H,2H2,1H3/b23-21+. The zero-order valence-electron chi connectivity index (χ0n) is 18.4. The van der Waals surface area contributed by atoms with Gasteiger partial charge in [0.1, 0.15) is 23.1 Å². The Morgan fingerprint density at radius 1 is 1.03 bits per heavy atom. The van der Waals surface area contributed by atoms with Crippen LogP contribution >= 0.6 is 11.3 Å². The normalized spacial score (nSPS) is 17.3. The summed E-state index contributed by atoms with van der Waals surface area (Å²) in [5.74, 6) is -2.58. The number of hydrogen-bond acceptors (Lipinski definition) is 6. The van der Waals surface area contributed by atoms with Crippen LogP contribution in [0.3, 0.4) is 0 Å². The third kappa shape index (κ3) is 4.04. The van der Waals surface area contributed by atoms with E-state index in [9.17, 15) is 23.5 Å². The van der Waals surface area contributed by atoms with Gasteiger partial charge >= 0.3 is 5.91 Å². The Morgan fingerprint density at radius 3 is 2.40 bits per heavy atom. The minimum Gasteiger partial charge on any atom is -0.507 e. The van der Waals surface area contributed by atoms with Crippen molar-refractivity contribution in [3.8, 4) is 5.75 Å². The number of halogens is 2. The summed E-state index contributed by atoms with van der Waals surface area (Å²) < 4.78 is 33.2. The van der Waals surface area contributed by atoms with Gasteiger partial charge in [-0.15, -0.1) is 0 Å². The first-order valence-corrected chi connectivity index (χ1v) is 11.5. The number of carbonyl (C=O) groups is 2. The zero-order valence-corrected chi connectivity index (χ0v) is 19.2. The number of amides is 1. The molecule has 35 heavy (non-hydrogen) atoms. The fraction of sp³-hybridized carbons (Fsp3) is 0.115. The van der Waals surface area contributed by atoms with Crippen molar-refractivity contribution in [1.29, 1.82) is 0 Å². The molecule has 1 saturated heterocycles. The summed E-state index contributed by atoms with van der Waals surface area (Å²) >= 11 is 1.06. The molecule has 4 aromatic rings. The van der Waals surface area contributed by atoms with Gasteiger partial charge in [0, 0.05) is 5.56 Å². The Labute approximate surface area is 202 Å². The van der Waals surface area contributed by atoms with Gasteiger partial charge in [-0.3, -0.25) is 14.5 Å². The van der Waals surface area contributed by atoms with Crippen molar-refractivity contribution >= 4 is 44.1 Å². The topological polar surface area (TPSA) is 79.7 Å². The Morgan fingerprint density at radius 2 is 1.71 bits per heavy atom. The lowest BCUT2D eigenvalue weighted by Crippen LogP contribution is -2.29. The summed E-state index contributed by atoms with van der Waals surface area (Å²) in [7, 11) is 0. The van der Waals surface area contributed by atoms with E-state index in [1.54, 1.807) is 24.3 Å². The molecule has 1 aliphatic rings. The van der Waals surface area contributed by atoms with Crippen LogP contribution in [0.25, 0.3) is 16.0 Å². The molecule has 0 saturated carbocycles. The molecule has 3 aromatic carbocycles. The summed E-state index contributed by atoms with van der Waals surface area (Å²) in [6.45, 7) is 2.31. The lowest BCUT2D eigenvalue weighted by molar-refractivity contribution is -0.132. The fourth-order valence-corrected chi connectivity index (χ4v) is 5.03. The van der Waals surface area contributed by atoms with Crippen molar-refractivity contribution in [1.82, 2.24) is 4.98 Å². The summed E-state index contributed by atoms with van der Waals surface area (Å²) in [6, 6.07) is 14.8. The number of aromatic nitrogens is 1. The van der Waals surface area contributed by atoms with E-state index in [2.05, 4.69) is 4.98 Å². The predicted octanol–water partition coefficient (Wildman–Crippen LogP) is 5.60. The number of anilines is 1. The number of Topliss-reactive ketones (excluding diaryl/α,β-unsaturated/α-hetero) is 1. The van der Waals surface area contributed by atoms with Crippen molar-refractivity contribution in [3.63, 3.8) is 0 Å². The molecular weight excluding hydrogens is 474 g/mol. The first-order valence-electron chi connectivity index (χ1n) is 10.7. The molecule has 1 aromatic heterocycles. The lowest BCUT2D eigenvalue weighted by Gasteiger charge is -2.23. The predicted molar refractivity (Wildman–Crippen MR) is 128 cm³/mol. The number of benzene rings is 3. The summed E-state index contributed by atoms with van der Waals surface area (Å²) in [4.78, 5) is 32.1. The highest BCUT2D eigenvalue weighted by Crippen LogP contribution is 2.44. The summed E-state index contributed by atoms with van der Waals surface area (Å²) in [6.07, 6.45) is 0. The number of nitrogens with zero attached hydrogens (tertiary/aromatic N) is 2. The Hall–Kier alpha value is -4.11. The molecule has 6 nitrogen and oxygen atoms in total. The van der Waals surface area contributed by atoms with Gasteiger partial charge in [0.2, 0.25) is 0 Å². The van der Waals surface area contributed by atoms with E-state index in [1.807, 2.05) is 6.92 Å². The van der Waals surface area contributed by atoms with Crippen molar-refractivity contribution in [3.05, 3.63) is 95.1 Å². The first-order chi connectivity index (χ1) is 16.9. The number of aliphatic hydroxyl groups is 1. The van der Waals surface area contributed by atoms with Gasteiger partial charge in [-0.1, -0.05) is 23.5 Å². The minimum atomic E-state index is -1.01. The summed E-state index contributed by atoms with van der Waals surface area (Å²) in [5, 5.41) is 11.3. The average Bonchev–Trinajstić information content (AvgIpc) is 3.37. The van der Waals surface area contributed by atoms with Crippen molar-refractivity contribution < 1.29 is 28.2 Å². The van der Waals surface area contributed by atoms with Crippen LogP contribution in [0.15, 0.2) is 72.3 Å². The van der Waals surface area contributed by atoms with E-state index in [-0.39, 0.29) is 16.3 Å². The molecular formula is C26H18F2N2O4S. The second-order valence-electron chi connectivity index (χ2n) is 7.79. The van der Waals surface area contributed by atoms with Gasteiger partial charge in [-0.25, -0.2) is 13.8 Å². The van der Waals surface area contributed by atoms with Crippen LogP contribution in [0.4, 0.5) is 13.9 Å². The van der Waals surface area contributed by atoms with Crippen LogP contribution in [-0.4, -0.2) is 28.4 Å². The molecule has 1 atom stereocenters. The molecule has 0 aliphatic carbocycles. The molecule has 0 radical (unpaired) electrons. The number of ether oxygens (including phenoxy) is 1. The van der Waals surface area contributed by atoms with E-state index in [1.165, 1.54) is 35.2 Å². The smallest absolute Gasteiger partial charge is 0.301 e. The van der Waals surface area contributed by atoms with Crippen molar-refractivity contribution in [2.45, 2.75) is 13.0 Å². The molecule has 1 unspecified atom stereocenters. The highest BCUT2D eigenvalue weighted by atomic mass is 32.1. The molecule has 2 heterocycles. The maximum atomic E-state index is 13.8. The van der Waals surface area contributed by atoms with Gasteiger partial charge < -0.3 is 9.84 Å². The molecule has 0 spiro atoms. The largest absolute Gasteiger partial charge is 0.507 e. The zero-order chi connectivity index (χ0) is 24.7. The number of thiazole rings is 1. The second-order valence-corrected chi connectivity index (χ2v) is 8.80. The molecule has 5 rings (SSSR count). The number of fused-ring (bicyclic) bond motifs is 1. The second kappa shape index (κ2) is 8.92. The van der Waals surface area contributed by atoms with E-state index >= 15 is 0 Å². The van der Waals surface area contributed by atoms with Gasteiger partial charge in [0.25, 0.3) is 5.78 Å².